The molecule has 0 fully saturated rings. The van der Waals surface area contributed by atoms with E-state index in [2.05, 4.69) is 46.4 Å². The first-order valence-corrected chi connectivity index (χ1v) is 9.21. The van der Waals surface area contributed by atoms with Gasteiger partial charge in [0.2, 0.25) is 5.95 Å². The summed E-state index contributed by atoms with van der Waals surface area (Å²) in [6, 6.07) is 8.11. The number of aromatic amines is 1. The highest BCUT2D eigenvalue weighted by Gasteiger charge is 2.19. The Balaban J connectivity index is 1.64. The zero-order chi connectivity index (χ0) is 19.6. The van der Waals surface area contributed by atoms with Crippen molar-refractivity contribution < 1.29 is 4.74 Å². The SMILES string of the molecule is CC(C)c1ccc(OCCNc2nc3c(cnn3C(C)(C)C)c(=O)[nH]2)cc1. The van der Waals surface area contributed by atoms with Gasteiger partial charge in [-0.05, 0) is 44.4 Å². The zero-order valence-corrected chi connectivity index (χ0v) is 16.5. The van der Waals surface area contributed by atoms with Gasteiger partial charge < -0.3 is 10.1 Å². The maximum atomic E-state index is 12.3. The van der Waals surface area contributed by atoms with Crippen molar-refractivity contribution >= 4 is 17.0 Å². The molecule has 7 nitrogen and oxygen atoms in total. The summed E-state index contributed by atoms with van der Waals surface area (Å²) in [5.74, 6) is 1.74. The highest BCUT2D eigenvalue weighted by Crippen LogP contribution is 2.19. The van der Waals surface area contributed by atoms with Crippen LogP contribution < -0.4 is 15.6 Å². The molecule has 144 valence electrons. The molecule has 1 aromatic carbocycles. The predicted molar refractivity (Wildman–Crippen MR) is 108 cm³/mol. The number of ether oxygens (including phenoxy) is 1. The van der Waals surface area contributed by atoms with Gasteiger partial charge >= 0.3 is 0 Å². The third kappa shape index (κ3) is 4.30. The smallest absolute Gasteiger partial charge is 0.263 e. The van der Waals surface area contributed by atoms with Gasteiger partial charge in [-0.25, -0.2) is 4.68 Å². The van der Waals surface area contributed by atoms with E-state index in [9.17, 15) is 4.79 Å². The molecule has 0 unspecified atom stereocenters. The second-order valence-electron chi connectivity index (χ2n) is 7.88. The maximum Gasteiger partial charge on any atom is 0.263 e. The molecule has 2 N–H and O–H groups in total. The second-order valence-corrected chi connectivity index (χ2v) is 7.88. The molecule has 0 aliphatic carbocycles. The monoisotopic (exact) mass is 369 g/mol. The van der Waals surface area contributed by atoms with Crippen LogP contribution in [0.3, 0.4) is 0 Å². The van der Waals surface area contributed by atoms with Crippen molar-refractivity contribution in [2.75, 3.05) is 18.5 Å². The Bertz CT molecular complexity index is 965. The minimum absolute atomic E-state index is 0.205. The number of rotatable bonds is 6. The minimum Gasteiger partial charge on any atom is -0.492 e. The van der Waals surface area contributed by atoms with E-state index in [0.29, 0.717) is 36.1 Å². The van der Waals surface area contributed by atoms with E-state index < -0.39 is 0 Å². The summed E-state index contributed by atoms with van der Waals surface area (Å²) in [7, 11) is 0. The molecule has 3 aromatic rings. The van der Waals surface area contributed by atoms with Gasteiger partial charge in [0, 0.05) is 0 Å². The minimum atomic E-state index is -0.259. The quantitative estimate of drug-likeness (QED) is 0.650. The Hall–Kier alpha value is -2.83. The number of aromatic nitrogens is 4. The van der Waals surface area contributed by atoms with E-state index in [1.165, 1.54) is 5.56 Å². The van der Waals surface area contributed by atoms with Crippen molar-refractivity contribution in [3.8, 4) is 5.75 Å². The van der Waals surface area contributed by atoms with Crippen LogP contribution in [0.4, 0.5) is 5.95 Å². The molecule has 0 atom stereocenters. The van der Waals surface area contributed by atoms with Crippen molar-refractivity contribution in [3.05, 3.63) is 46.4 Å². The van der Waals surface area contributed by atoms with Crippen LogP contribution in [0, 0.1) is 0 Å². The molecule has 0 aliphatic rings. The summed E-state index contributed by atoms with van der Waals surface area (Å²) in [5.41, 5.74) is 1.39. The lowest BCUT2D eigenvalue weighted by atomic mass is 10.0. The predicted octanol–water partition coefficient (Wildman–Crippen LogP) is 3.49. The van der Waals surface area contributed by atoms with Crippen LogP contribution in [0.15, 0.2) is 35.3 Å². The number of nitrogens with zero attached hydrogens (tertiary/aromatic N) is 3. The standard InChI is InChI=1S/C20H27N5O2/c1-13(2)14-6-8-15(9-7-14)27-11-10-21-19-23-17-16(18(26)24-19)12-22-25(17)20(3,4)5/h6-9,12-13H,10-11H2,1-5H3,(H2,21,23,24,26). The number of anilines is 1. The summed E-state index contributed by atoms with van der Waals surface area (Å²) < 4.78 is 7.50. The van der Waals surface area contributed by atoms with Crippen LogP contribution in [0.2, 0.25) is 0 Å². The lowest BCUT2D eigenvalue weighted by Gasteiger charge is -2.19. The normalized spacial score (nSPS) is 11.9. The molecule has 27 heavy (non-hydrogen) atoms. The Morgan fingerprint density at radius 2 is 1.93 bits per heavy atom. The average molecular weight is 369 g/mol. The van der Waals surface area contributed by atoms with Crippen LogP contribution in [0.25, 0.3) is 11.0 Å². The van der Waals surface area contributed by atoms with Gasteiger partial charge in [-0.2, -0.15) is 10.1 Å². The lowest BCUT2D eigenvalue weighted by molar-refractivity contribution is 0.332. The van der Waals surface area contributed by atoms with Gasteiger partial charge in [-0.3, -0.25) is 9.78 Å². The third-order valence-electron chi connectivity index (χ3n) is 4.28. The third-order valence-corrected chi connectivity index (χ3v) is 4.28. The molecule has 3 rings (SSSR count). The highest BCUT2D eigenvalue weighted by molar-refractivity contribution is 5.74. The molecule has 0 aliphatic heterocycles. The summed E-state index contributed by atoms with van der Waals surface area (Å²) in [6.07, 6.45) is 1.56. The summed E-state index contributed by atoms with van der Waals surface area (Å²) in [5, 5.41) is 7.90. The van der Waals surface area contributed by atoms with Gasteiger partial charge in [0.05, 0.1) is 18.3 Å². The number of nitrogens with one attached hydrogen (secondary N) is 2. The molecule has 2 heterocycles. The zero-order valence-electron chi connectivity index (χ0n) is 16.5. The van der Waals surface area contributed by atoms with E-state index in [1.54, 1.807) is 10.9 Å². The highest BCUT2D eigenvalue weighted by atomic mass is 16.5. The van der Waals surface area contributed by atoms with Crippen molar-refractivity contribution in [1.82, 2.24) is 19.7 Å². The van der Waals surface area contributed by atoms with Gasteiger partial charge in [0.1, 0.15) is 17.7 Å². The number of benzene rings is 1. The first-order chi connectivity index (χ1) is 12.8. The van der Waals surface area contributed by atoms with Crippen LogP contribution >= 0.6 is 0 Å². The maximum absolute atomic E-state index is 12.3. The molecule has 7 heteroatoms. The largest absolute Gasteiger partial charge is 0.492 e. The second kappa shape index (κ2) is 7.42. The van der Waals surface area contributed by atoms with Gasteiger partial charge in [-0.1, -0.05) is 26.0 Å². The van der Waals surface area contributed by atoms with Crippen molar-refractivity contribution in [2.24, 2.45) is 0 Å². The molecule has 0 saturated heterocycles. The van der Waals surface area contributed by atoms with Gasteiger partial charge in [0.25, 0.3) is 5.56 Å². The van der Waals surface area contributed by atoms with E-state index >= 15 is 0 Å². The van der Waals surface area contributed by atoms with Crippen LogP contribution in [0.5, 0.6) is 5.75 Å². The molecule has 0 amide bonds. The van der Waals surface area contributed by atoms with Crippen LogP contribution in [0.1, 0.15) is 46.1 Å². The first-order valence-electron chi connectivity index (χ1n) is 9.21. The van der Waals surface area contributed by atoms with Gasteiger partial charge in [0.15, 0.2) is 5.65 Å². The van der Waals surface area contributed by atoms with Gasteiger partial charge in [-0.15, -0.1) is 0 Å². The van der Waals surface area contributed by atoms with Crippen molar-refractivity contribution in [1.29, 1.82) is 0 Å². The Kier molecular flexibility index (Phi) is 5.21. The van der Waals surface area contributed by atoms with Crippen LogP contribution in [-0.4, -0.2) is 32.9 Å². The summed E-state index contributed by atoms with van der Waals surface area (Å²) in [6.45, 7) is 11.4. The summed E-state index contributed by atoms with van der Waals surface area (Å²) >= 11 is 0. The lowest BCUT2D eigenvalue weighted by Crippen LogP contribution is -2.24. The molecule has 0 bridgehead atoms. The molecular weight excluding hydrogens is 342 g/mol. The molecule has 2 aromatic heterocycles. The molecule has 0 saturated carbocycles. The average Bonchev–Trinajstić information content (AvgIpc) is 3.04. The van der Waals surface area contributed by atoms with Crippen molar-refractivity contribution in [3.63, 3.8) is 0 Å². The number of hydrogen-bond donors (Lipinski definition) is 2. The first kappa shape index (κ1) is 18.9. The van der Waals surface area contributed by atoms with Crippen molar-refractivity contribution in [2.45, 2.75) is 46.1 Å². The van der Waals surface area contributed by atoms with E-state index in [0.717, 1.165) is 5.75 Å². The fourth-order valence-electron chi connectivity index (χ4n) is 2.78. The van der Waals surface area contributed by atoms with E-state index in [1.807, 2.05) is 32.9 Å². The summed E-state index contributed by atoms with van der Waals surface area (Å²) in [4.78, 5) is 19.5. The Morgan fingerprint density at radius 3 is 2.56 bits per heavy atom. The van der Waals surface area contributed by atoms with E-state index in [4.69, 9.17) is 4.74 Å². The van der Waals surface area contributed by atoms with E-state index in [-0.39, 0.29) is 11.1 Å². The number of fused-ring (bicyclic) bond motifs is 1. The topological polar surface area (TPSA) is 84.8 Å². The molecule has 0 spiro atoms. The Labute approximate surface area is 158 Å². The fraction of sp³-hybridized carbons (Fsp3) is 0.450. The molecule has 0 radical (unpaired) electrons. The van der Waals surface area contributed by atoms with Crippen LogP contribution in [-0.2, 0) is 5.54 Å². The number of H-pyrrole nitrogens is 1. The fourth-order valence-corrected chi connectivity index (χ4v) is 2.78. The number of hydrogen-bond acceptors (Lipinski definition) is 5. The Morgan fingerprint density at radius 1 is 1.22 bits per heavy atom. The molecular formula is C20H27N5O2.